The molecule has 0 radical (unpaired) electrons. The maximum atomic E-state index is 14.8. The molecule has 2 aromatic heterocycles. The van der Waals surface area contributed by atoms with Gasteiger partial charge in [0.2, 0.25) is 16.0 Å². The van der Waals surface area contributed by atoms with E-state index in [1.807, 2.05) is 13.8 Å². The molecule has 200 valence electrons. The first-order chi connectivity index (χ1) is 17.6. The van der Waals surface area contributed by atoms with Crippen LogP contribution in [0, 0.1) is 11.7 Å². The molecule has 10 nitrogen and oxygen atoms in total. The number of anilines is 2. The minimum atomic E-state index is -3.68. The Morgan fingerprint density at radius 3 is 2.70 bits per heavy atom. The van der Waals surface area contributed by atoms with Crippen LogP contribution in [-0.2, 0) is 10.0 Å². The molecule has 4 rings (SSSR count). The van der Waals surface area contributed by atoms with Gasteiger partial charge in [-0.25, -0.2) is 22.8 Å². The van der Waals surface area contributed by atoms with Crippen molar-refractivity contribution in [3.8, 4) is 11.3 Å². The van der Waals surface area contributed by atoms with E-state index in [-0.39, 0.29) is 40.7 Å². The summed E-state index contributed by atoms with van der Waals surface area (Å²) in [5.41, 5.74) is 0.178. The number of fused-ring (bicyclic) bond motifs is 1. The second kappa shape index (κ2) is 11.1. The summed E-state index contributed by atoms with van der Waals surface area (Å²) in [6.07, 6.45) is 2.51. The Hall–Kier alpha value is -3.19. The monoisotopic (exact) mass is 535 g/mol. The van der Waals surface area contributed by atoms with Gasteiger partial charge in [-0.3, -0.25) is 18.5 Å². The van der Waals surface area contributed by atoms with Crippen molar-refractivity contribution in [2.45, 2.75) is 45.7 Å². The van der Waals surface area contributed by atoms with E-state index in [9.17, 15) is 22.0 Å². The zero-order valence-electron chi connectivity index (χ0n) is 21.0. The van der Waals surface area contributed by atoms with Crippen molar-refractivity contribution in [2.24, 2.45) is 5.92 Å². The molecular formula is C24H31F2N7O3S. The summed E-state index contributed by atoms with van der Waals surface area (Å²) in [5.74, 6) is -0.738. The molecule has 3 aromatic rings. The molecule has 0 amide bonds. The number of benzene rings is 1. The van der Waals surface area contributed by atoms with E-state index < -0.39 is 28.1 Å². The molecule has 3 heterocycles. The maximum absolute atomic E-state index is 14.8. The van der Waals surface area contributed by atoms with Gasteiger partial charge in [0.15, 0.2) is 5.65 Å². The fourth-order valence-corrected chi connectivity index (χ4v) is 5.55. The third kappa shape index (κ3) is 6.04. The fraction of sp³-hybridized carbons (Fsp3) is 0.500. The van der Waals surface area contributed by atoms with Gasteiger partial charge in [0.1, 0.15) is 17.0 Å². The van der Waals surface area contributed by atoms with Gasteiger partial charge in [0.25, 0.3) is 5.56 Å². The van der Waals surface area contributed by atoms with Crippen molar-refractivity contribution in [1.29, 1.82) is 0 Å². The summed E-state index contributed by atoms with van der Waals surface area (Å²) in [4.78, 5) is 26.7. The normalized spacial score (nSPS) is 18.3. The minimum absolute atomic E-state index is 0.00496. The van der Waals surface area contributed by atoms with E-state index in [2.05, 4.69) is 30.3 Å². The number of nitrogens with one attached hydrogen (secondary N) is 3. The van der Waals surface area contributed by atoms with Gasteiger partial charge >= 0.3 is 0 Å². The van der Waals surface area contributed by atoms with Crippen LogP contribution in [0.15, 0.2) is 29.2 Å². The number of hydrogen-bond donors (Lipinski definition) is 3. The van der Waals surface area contributed by atoms with E-state index in [1.54, 1.807) is 6.92 Å². The van der Waals surface area contributed by atoms with Crippen molar-refractivity contribution in [1.82, 2.24) is 24.8 Å². The predicted octanol–water partition coefficient (Wildman–Crippen LogP) is 3.08. The van der Waals surface area contributed by atoms with Crippen LogP contribution < -0.4 is 20.9 Å². The lowest BCUT2D eigenvalue weighted by molar-refractivity contribution is 0.282. The summed E-state index contributed by atoms with van der Waals surface area (Å²) >= 11 is 0. The Balaban J connectivity index is 1.70. The second-order valence-electron chi connectivity index (χ2n) is 9.50. The van der Waals surface area contributed by atoms with Crippen LogP contribution in [0.1, 0.15) is 39.7 Å². The first kappa shape index (κ1) is 26.9. The van der Waals surface area contributed by atoms with Crippen LogP contribution >= 0.6 is 0 Å². The number of nitrogens with zero attached hydrogens (tertiary/aromatic N) is 4. The van der Waals surface area contributed by atoms with Crippen LogP contribution in [0.25, 0.3) is 22.4 Å². The van der Waals surface area contributed by atoms with Crippen molar-refractivity contribution in [3.63, 3.8) is 0 Å². The Kier molecular flexibility index (Phi) is 8.02. The van der Waals surface area contributed by atoms with Crippen LogP contribution in [-0.4, -0.2) is 59.5 Å². The summed E-state index contributed by atoms with van der Waals surface area (Å²) in [7, 11) is -3.68. The Bertz CT molecular complexity index is 1450. The van der Waals surface area contributed by atoms with Crippen molar-refractivity contribution >= 4 is 32.8 Å². The molecule has 0 aliphatic carbocycles. The van der Waals surface area contributed by atoms with Crippen LogP contribution in [0.4, 0.5) is 20.4 Å². The van der Waals surface area contributed by atoms with Crippen molar-refractivity contribution in [2.75, 3.05) is 35.6 Å². The lowest BCUT2D eigenvalue weighted by atomic mass is 9.97. The molecule has 0 unspecified atom stereocenters. The van der Waals surface area contributed by atoms with Gasteiger partial charge in [-0.15, -0.1) is 0 Å². The number of rotatable bonds is 9. The van der Waals surface area contributed by atoms with Gasteiger partial charge in [-0.2, -0.15) is 4.98 Å². The highest BCUT2D eigenvalue weighted by Gasteiger charge is 2.23. The molecule has 2 atom stereocenters. The highest BCUT2D eigenvalue weighted by molar-refractivity contribution is 7.92. The molecular weight excluding hydrogens is 504 g/mol. The molecule has 1 saturated heterocycles. The lowest BCUT2D eigenvalue weighted by Crippen LogP contribution is -2.44. The average Bonchev–Trinajstić information content (AvgIpc) is 2.84. The van der Waals surface area contributed by atoms with Gasteiger partial charge in [0, 0.05) is 36.7 Å². The Labute approximate surface area is 214 Å². The lowest BCUT2D eigenvalue weighted by Gasteiger charge is -2.29. The zero-order chi connectivity index (χ0) is 26.7. The standard InChI is InChI=1S/C24H31F2N7O3S/c1-4-7-37(35,36)32-19-6-5-16(9-18(19)26)21-23(34)33(14(2)3)22-20(30-21)13-28-24(31-22)29-17-8-15(10-25)11-27-12-17/h5-6,9,13-15,17,27,32H,4,7-8,10-12H2,1-3H3,(H,28,29,31)/t15-,17-/m0/s1. The van der Waals surface area contributed by atoms with E-state index >= 15 is 0 Å². The first-order valence-electron chi connectivity index (χ1n) is 12.2. The molecule has 37 heavy (non-hydrogen) atoms. The second-order valence-corrected chi connectivity index (χ2v) is 11.3. The fourth-order valence-electron chi connectivity index (χ4n) is 4.41. The van der Waals surface area contributed by atoms with Crippen LogP contribution in [0.5, 0.6) is 0 Å². The molecule has 1 fully saturated rings. The van der Waals surface area contributed by atoms with Crippen LogP contribution in [0.3, 0.4) is 0 Å². The highest BCUT2D eigenvalue weighted by atomic mass is 32.2. The van der Waals surface area contributed by atoms with E-state index in [4.69, 9.17) is 0 Å². The highest BCUT2D eigenvalue weighted by Crippen LogP contribution is 2.25. The topological polar surface area (TPSA) is 131 Å². The predicted molar refractivity (Wildman–Crippen MR) is 139 cm³/mol. The molecule has 1 aliphatic rings. The number of halogens is 2. The quantitative estimate of drug-likeness (QED) is 0.381. The van der Waals surface area contributed by atoms with E-state index in [0.29, 0.717) is 43.0 Å². The summed E-state index contributed by atoms with van der Waals surface area (Å²) in [6, 6.07) is 3.45. The van der Waals surface area contributed by atoms with Gasteiger partial charge in [-0.05, 0) is 38.8 Å². The van der Waals surface area contributed by atoms with E-state index in [1.165, 1.54) is 22.9 Å². The van der Waals surface area contributed by atoms with Crippen LogP contribution in [0.2, 0.25) is 0 Å². The van der Waals surface area contributed by atoms with Crippen molar-refractivity contribution < 1.29 is 17.2 Å². The maximum Gasteiger partial charge on any atom is 0.278 e. The number of alkyl halides is 1. The third-order valence-electron chi connectivity index (χ3n) is 6.12. The molecule has 3 N–H and O–H groups in total. The number of aromatic nitrogens is 4. The van der Waals surface area contributed by atoms with Crippen molar-refractivity contribution in [3.05, 3.63) is 40.6 Å². The number of piperidine rings is 1. The molecule has 0 saturated carbocycles. The Morgan fingerprint density at radius 2 is 2.03 bits per heavy atom. The van der Waals surface area contributed by atoms with Gasteiger partial charge < -0.3 is 10.6 Å². The SMILES string of the molecule is CCCS(=O)(=O)Nc1ccc(-c2nc3cnc(N[C@@H]4CNC[C@H](CF)C4)nc3n(C(C)C)c2=O)cc1F. The minimum Gasteiger partial charge on any atom is -0.350 e. The summed E-state index contributed by atoms with van der Waals surface area (Å²) in [6.45, 7) is 6.21. The molecule has 13 heteroatoms. The molecule has 0 spiro atoms. The summed E-state index contributed by atoms with van der Waals surface area (Å²) < 4.78 is 55.7. The summed E-state index contributed by atoms with van der Waals surface area (Å²) in [5, 5.41) is 6.40. The third-order valence-corrected chi connectivity index (χ3v) is 7.60. The zero-order valence-corrected chi connectivity index (χ0v) is 21.8. The van der Waals surface area contributed by atoms with E-state index in [0.717, 1.165) is 6.07 Å². The first-order valence-corrected chi connectivity index (χ1v) is 13.9. The smallest absolute Gasteiger partial charge is 0.278 e. The number of hydrogen-bond acceptors (Lipinski definition) is 8. The van der Waals surface area contributed by atoms with Gasteiger partial charge in [0.05, 0.1) is 24.3 Å². The largest absolute Gasteiger partial charge is 0.350 e. The molecule has 1 aromatic carbocycles. The Morgan fingerprint density at radius 1 is 1.24 bits per heavy atom. The molecule has 0 bridgehead atoms. The van der Waals surface area contributed by atoms with Gasteiger partial charge in [-0.1, -0.05) is 13.0 Å². The number of sulfonamides is 1. The molecule has 1 aliphatic heterocycles. The average molecular weight is 536 g/mol.